The van der Waals surface area contributed by atoms with Crippen molar-refractivity contribution in [2.45, 2.75) is 50.2 Å². The number of anilines is 1. The second-order valence-corrected chi connectivity index (χ2v) is 7.68. The first-order valence-corrected chi connectivity index (χ1v) is 8.91. The first-order valence-electron chi connectivity index (χ1n) is 8.91. The summed E-state index contributed by atoms with van der Waals surface area (Å²) in [6, 6.07) is 5.41. The van der Waals surface area contributed by atoms with Gasteiger partial charge in [0, 0.05) is 43.9 Å². The molecule has 1 unspecified atom stereocenters. The lowest BCUT2D eigenvalue weighted by Gasteiger charge is -2.37. The van der Waals surface area contributed by atoms with Crippen LogP contribution in [0.4, 0.5) is 5.69 Å². The van der Waals surface area contributed by atoms with Gasteiger partial charge in [0.05, 0.1) is 17.1 Å². The van der Waals surface area contributed by atoms with Crippen LogP contribution in [-0.2, 0) is 19.7 Å². The van der Waals surface area contributed by atoms with Gasteiger partial charge in [-0.15, -0.1) is 0 Å². The summed E-state index contributed by atoms with van der Waals surface area (Å²) in [4.78, 5) is 24.9. The van der Waals surface area contributed by atoms with Crippen LogP contribution in [0.2, 0.25) is 0 Å². The molecule has 4 rings (SSSR count). The Morgan fingerprint density at radius 2 is 2.00 bits per heavy atom. The number of ether oxygens (including phenoxy) is 2. The third-order valence-corrected chi connectivity index (χ3v) is 5.85. The molecule has 6 nitrogen and oxygen atoms in total. The van der Waals surface area contributed by atoms with Crippen molar-refractivity contribution in [2.24, 2.45) is 0 Å². The van der Waals surface area contributed by atoms with E-state index in [9.17, 15) is 9.59 Å². The van der Waals surface area contributed by atoms with Gasteiger partial charge in [0.15, 0.2) is 0 Å². The van der Waals surface area contributed by atoms with Crippen molar-refractivity contribution in [2.75, 3.05) is 25.1 Å². The van der Waals surface area contributed by atoms with Crippen molar-refractivity contribution in [3.05, 3.63) is 29.3 Å². The topological polar surface area (TPSA) is 76.7 Å². The summed E-state index contributed by atoms with van der Waals surface area (Å²) in [7, 11) is 0. The highest BCUT2D eigenvalue weighted by Gasteiger charge is 2.46. The van der Waals surface area contributed by atoms with E-state index in [1.54, 1.807) is 6.07 Å². The Morgan fingerprint density at radius 3 is 2.76 bits per heavy atom. The SMILES string of the molecule is CC1(C)C(=O)Nc2ccc(C(=O)NC3CCOC34CCOCC4)cc21. The summed E-state index contributed by atoms with van der Waals surface area (Å²) in [5.41, 5.74) is 1.33. The van der Waals surface area contributed by atoms with E-state index in [2.05, 4.69) is 10.6 Å². The monoisotopic (exact) mass is 344 g/mol. The molecule has 2 N–H and O–H groups in total. The molecular weight excluding hydrogens is 320 g/mol. The average Bonchev–Trinajstić information content (AvgIpc) is 3.07. The maximum atomic E-state index is 12.8. The molecule has 1 aromatic carbocycles. The third kappa shape index (κ3) is 2.64. The number of carbonyl (C=O) groups is 2. The number of amides is 2. The highest BCUT2D eigenvalue weighted by atomic mass is 16.5. The van der Waals surface area contributed by atoms with Gasteiger partial charge in [-0.25, -0.2) is 0 Å². The first-order chi connectivity index (χ1) is 11.9. The zero-order valence-corrected chi connectivity index (χ0v) is 14.7. The van der Waals surface area contributed by atoms with Gasteiger partial charge in [-0.2, -0.15) is 0 Å². The minimum atomic E-state index is -0.621. The number of hydrogen-bond acceptors (Lipinski definition) is 4. The fourth-order valence-electron chi connectivity index (χ4n) is 4.11. The predicted molar refractivity (Wildman–Crippen MR) is 92.7 cm³/mol. The van der Waals surface area contributed by atoms with Gasteiger partial charge in [0.2, 0.25) is 5.91 Å². The molecule has 1 aromatic rings. The van der Waals surface area contributed by atoms with Crippen LogP contribution in [0.25, 0.3) is 0 Å². The van der Waals surface area contributed by atoms with Crippen LogP contribution in [-0.4, -0.2) is 43.3 Å². The summed E-state index contributed by atoms with van der Waals surface area (Å²) >= 11 is 0. The Morgan fingerprint density at radius 1 is 1.24 bits per heavy atom. The van der Waals surface area contributed by atoms with Crippen molar-refractivity contribution in [3.63, 3.8) is 0 Å². The highest BCUT2D eigenvalue weighted by Crippen LogP contribution is 2.38. The van der Waals surface area contributed by atoms with E-state index < -0.39 is 5.41 Å². The molecule has 2 saturated heterocycles. The van der Waals surface area contributed by atoms with E-state index in [-0.39, 0.29) is 23.5 Å². The van der Waals surface area contributed by atoms with Crippen molar-refractivity contribution < 1.29 is 19.1 Å². The number of hydrogen-bond donors (Lipinski definition) is 2. The van der Waals surface area contributed by atoms with Crippen LogP contribution in [0.1, 0.15) is 49.0 Å². The molecule has 0 aliphatic carbocycles. The largest absolute Gasteiger partial charge is 0.381 e. The van der Waals surface area contributed by atoms with Gasteiger partial charge in [-0.05, 0) is 44.0 Å². The van der Waals surface area contributed by atoms with Gasteiger partial charge in [-0.1, -0.05) is 0 Å². The zero-order valence-electron chi connectivity index (χ0n) is 14.7. The summed E-state index contributed by atoms with van der Waals surface area (Å²) in [6.45, 7) is 5.76. The number of fused-ring (bicyclic) bond motifs is 1. The Bertz CT molecular complexity index is 722. The molecule has 0 aromatic heterocycles. The van der Waals surface area contributed by atoms with Gasteiger partial charge in [0.25, 0.3) is 5.91 Å². The summed E-state index contributed by atoms with van der Waals surface area (Å²) in [5, 5.41) is 6.03. The molecule has 1 atom stereocenters. The molecule has 2 amide bonds. The Kier molecular flexibility index (Phi) is 3.85. The van der Waals surface area contributed by atoms with E-state index in [0.29, 0.717) is 25.4 Å². The molecule has 6 heteroatoms. The van der Waals surface area contributed by atoms with Crippen LogP contribution in [0, 0.1) is 0 Å². The third-order valence-electron chi connectivity index (χ3n) is 5.85. The van der Waals surface area contributed by atoms with Crippen LogP contribution in [0.3, 0.4) is 0 Å². The fourth-order valence-corrected chi connectivity index (χ4v) is 4.11. The van der Waals surface area contributed by atoms with Gasteiger partial charge >= 0.3 is 0 Å². The van der Waals surface area contributed by atoms with Gasteiger partial charge in [-0.3, -0.25) is 9.59 Å². The average molecular weight is 344 g/mol. The zero-order chi connectivity index (χ0) is 17.7. The fraction of sp³-hybridized carbons (Fsp3) is 0.579. The summed E-state index contributed by atoms with van der Waals surface area (Å²) in [6.07, 6.45) is 2.45. The maximum absolute atomic E-state index is 12.8. The predicted octanol–water partition coefficient (Wildman–Crippen LogP) is 1.98. The number of benzene rings is 1. The molecule has 3 aliphatic rings. The van der Waals surface area contributed by atoms with Gasteiger partial charge < -0.3 is 20.1 Å². The minimum Gasteiger partial charge on any atom is -0.381 e. The molecule has 25 heavy (non-hydrogen) atoms. The van der Waals surface area contributed by atoms with E-state index in [1.807, 2.05) is 26.0 Å². The first kappa shape index (κ1) is 16.5. The summed E-state index contributed by atoms with van der Waals surface area (Å²) < 4.78 is 11.4. The quantitative estimate of drug-likeness (QED) is 0.860. The lowest BCUT2D eigenvalue weighted by molar-refractivity contribution is -0.119. The van der Waals surface area contributed by atoms with Crippen LogP contribution < -0.4 is 10.6 Å². The lowest BCUT2D eigenvalue weighted by atomic mass is 9.85. The molecule has 0 saturated carbocycles. The van der Waals surface area contributed by atoms with E-state index in [1.165, 1.54) is 0 Å². The van der Waals surface area contributed by atoms with E-state index in [0.717, 1.165) is 30.5 Å². The van der Waals surface area contributed by atoms with E-state index >= 15 is 0 Å². The number of rotatable bonds is 2. The highest BCUT2D eigenvalue weighted by molar-refractivity contribution is 6.07. The smallest absolute Gasteiger partial charge is 0.251 e. The Hall–Kier alpha value is -1.92. The molecule has 134 valence electrons. The molecule has 1 spiro atoms. The summed E-state index contributed by atoms with van der Waals surface area (Å²) in [5.74, 6) is -0.148. The van der Waals surface area contributed by atoms with Crippen LogP contribution in [0.5, 0.6) is 0 Å². The van der Waals surface area contributed by atoms with Gasteiger partial charge in [0.1, 0.15) is 0 Å². The molecule has 0 radical (unpaired) electrons. The normalized spacial score (nSPS) is 26.3. The van der Waals surface area contributed by atoms with E-state index in [4.69, 9.17) is 9.47 Å². The van der Waals surface area contributed by atoms with Crippen LogP contribution in [0.15, 0.2) is 18.2 Å². The molecule has 0 bridgehead atoms. The molecule has 3 aliphatic heterocycles. The maximum Gasteiger partial charge on any atom is 0.251 e. The molecule has 3 heterocycles. The second-order valence-electron chi connectivity index (χ2n) is 7.68. The van der Waals surface area contributed by atoms with Crippen molar-refractivity contribution >= 4 is 17.5 Å². The number of carbonyl (C=O) groups excluding carboxylic acids is 2. The van der Waals surface area contributed by atoms with Crippen molar-refractivity contribution in [1.82, 2.24) is 5.32 Å². The molecular formula is C19H24N2O4. The van der Waals surface area contributed by atoms with Crippen LogP contribution >= 0.6 is 0 Å². The van der Waals surface area contributed by atoms with Crippen molar-refractivity contribution in [1.29, 1.82) is 0 Å². The number of nitrogens with one attached hydrogen (secondary N) is 2. The van der Waals surface area contributed by atoms with Crippen molar-refractivity contribution in [3.8, 4) is 0 Å². The second kappa shape index (κ2) is 5.81. The minimum absolute atomic E-state index is 0.00456. The molecule has 2 fully saturated rings. The standard InChI is InChI=1S/C19H24N2O4/c1-18(2)13-11-12(3-4-14(13)20-17(18)23)16(22)21-15-5-8-25-19(15)6-9-24-10-7-19/h3-4,11,15H,5-10H2,1-2H3,(H,20,23)(H,21,22). The lowest BCUT2D eigenvalue weighted by Crippen LogP contribution is -2.52. The Labute approximate surface area is 147 Å². The Balaban J connectivity index is 1.54.